The fourth-order valence-corrected chi connectivity index (χ4v) is 1.29. The summed E-state index contributed by atoms with van der Waals surface area (Å²) in [4.78, 5) is 27.4. The van der Waals surface area contributed by atoms with E-state index >= 15 is 0 Å². The van der Waals surface area contributed by atoms with Crippen LogP contribution >= 0.6 is 0 Å². The molecule has 0 fully saturated rings. The number of hydrogen-bond donors (Lipinski definition) is 1. The molecule has 18 heavy (non-hydrogen) atoms. The smallest absolute Gasteiger partial charge is 0.305 e. The van der Waals surface area contributed by atoms with Crippen molar-refractivity contribution in [2.75, 3.05) is 7.11 Å². The maximum atomic E-state index is 11.8. The number of carbonyl (C=O) groups excluding carboxylic acids is 2. The first-order chi connectivity index (χ1) is 8.63. The van der Waals surface area contributed by atoms with Crippen molar-refractivity contribution in [3.8, 4) is 0 Å². The maximum absolute atomic E-state index is 11.8. The van der Waals surface area contributed by atoms with Crippen LogP contribution < -0.4 is 5.32 Å². The van der Waals surface area contributed by atoms with Gasteiger partial charge in [0, 0.05) is 12.5 Å². The Morgan fingerprint density at radius 1 is 1.56 bits per heavy atom. The summed E-state index contributed by atoms with van der Waals surface area (Å²) in [6.07, 6.45) is 6.68. The zero-order chi connectivity index (χ0) is 13.4. The highest BCUT2D eigenvalue weighted by molar-refractivity contribution is 6.12. The van der Waals surface area contributed by atoms with Gasteiger partial charge in [0.1, 0.15) is 6.26 Å². The number of esters is 1. The van der Waals surface area contributed by atoms with Gasteiger partial charge in [-0.15, -0.1) is 0 Å². The van der Waals surface area contributed by atoms with Gasteiger partial charge in [0.05, 0.1) is 18.9 Å². The lowest BCUT2D eigenvalue weighted by Crippen LogP contribution is -2.34. The Balaban J connectivity index is 2.41. The van der Waals surface area contributed by atoms with Crippen molar-refractivity contribution in [3.63, 3.8) is 0 Å². The highest BCUT2D eigenvalue weighted by Gasteiger charge is 2.12. The third kappa shape index (κ3) is 4.82. The first kappa shape index (κ1) is 14.0. The Morgan fingerprint density at radius 3 is 3.06 bits per heavy atom. The monoisotopic (exact) mass is 252 g/mol. The molecule has 0 saturated heterocycles. The van der Waals surface area contributed by atoms with E-state index in [1.54, 1.807) is 12.2 Å². The van der Waals surface area contributed by atoms with Crippen molar-refractivity contribution in [3.05, 3.63) is 24.0 Å². The number of oxime groups is 1. The van der Waals surface area contributed by atoms with Crippen molar-refractivity contribution < 1.29 is 19.2 Å². The van der Waals surface area contributed by atoms with Crippen LogP contribution in [0.4, 0.5) is 0 Å². The summed E-state index contributed by atoms with van der Waals surface area (Å²) in [7, 11) is 1.34. The fraction of sp³-hybridized carbons (Fsp3) is 0.417. The second kappa shape index (κ2) is 7.26. The molecular weight excluding hydrogens is 236 g/mol. The van der Waals surface area contributed by atoms with Crippen molar-refractivity contribution in [1.82, 2.24) is 5.32 Å². The number of nitrogens with zero attached hydrogens (tertiary/aromatic N) is 1. The van der Waals surface area contributed by atoms with Crippen LogP contribution in [-0.2, 0) is 19.2 Å². The Labute approximate surface area is 105 Å². The summed E-state index contributed by atoms with van der Waals surface area (Å²) >= 11 is 0. The van der Waals surface area contributed by atoms with Gasteiger partial charge >= 0.3 is 5.97 Å². The number of nitrogens with one attached hydrogen (secondary N) is 1. The van der Waals surface area contributed by atoms with Gasteiger partial charge in [0.2, 0.25) is 0 Å². The summed E-state index contributed by atoms with van der Waals surface area (Å²) < 4.78 is 4.53. The standard InChI is InChI=1S/C12H16N2O4/c1-9(5-6-11(15)17-2)14-12(16)10-4-3-7-18-13-8-10/h3-4,7-9H,5-6H2,1-2H3,(H,14,16). The summed E-state index contributed by atoms with van der Waals surface area (Å²) in [6.45, 7) is 1.82. The van der Waals surface area contributed by atoms with Crippen molar-refractivity contribution >= 4 is 18.1 Å². The number of amides is 1. The Kier molecular flexibility index (Phi) is 5.63. The van der Waals surface area contributed by atoms with Crippen LogP contribution in [0.15, 0.2) is 29.1 Å². The molecule has 1 atom stereocenters. The molecule has 0 aliphatic carbocycles. The number of methoxy groups -OCH3 is 1. The first-order valence-electron chi connectivity index (χ1n) is 5.57. The first-order valence-corrected chi connectivity index (χ1v) is 5.57. The molecule has 0 radical (unpaired) electrons. The minimum Gasteiger partial charge on any atom is -0.469 e. The van der Waals surface area contributed by atoms with E-state index in [-0.39, 0.29) is 24.3 Å². The average Bonchev–Trinajstić information content (AvgIpc) is 2.64. The van der Waals surface area contributed by atoms with Gasteiger partial charge in [0.25, 0.3) is 5.91 Å². The third-order valence-corrected chi connectivity index (χ3v) is 2.32. The molecule has 0 spiro atoms. The SMILES string of the molecule is COC(=O)CCC(C)NC(=O)C1=CC=CON=C1. The lowest BCUT2D eigenvalue weighted by molar-refractivity contribution is -0.141. The number of rotatable bonds is 5. The predicted octanol–water partition coefficient (Wildman–Crippen LogP) is 0.900. The number of hydrogen-bond acceptors (Lipinski definition) is 5. The minimum absolute atomic E-state index is 0.126. The quantitative estimate of drug-likeness (QED) is 0.737. The molecule has 0 saturated carbocycles. The number of ether oxygens (including phenoxy) is 1. The molecule has 1 unspecified atom stereocenters. The van der Waals surface area contributed by atoms with Crippen LogP contribution in [-0.4, -0.2) is 31.2 Å². The molecule has 1 N–H and O–H groups in total. The van der Waals surface area contributed by atoms with Crippen molar-refractivity contribution in [2.45, 2.75) is 25.8 Å². The van der Waals surface area contributed by atoms with Gasteiger partial charge in [-0.25, -0.2) is 0 Å². The molecular formula is C12H16N2O4. The molecule has 1 heterocycles. The molecule has 0 aromatic carbocycles. The zero-order valence-electron chi connectivity index (χ0n) is 10.4. The molecule has 1 aliphatic rings. The molecule has 1 aliphatic heterocycles. The van der Waals surface area contributed by atoms with Gasteiger partial charge in [0.15, 0.2) is 0 Å². The molecule has 98 valence electrons. The lowest BCUT2D eigenvalue weighted by atomic mass is 10.1. The summed E-state index contributed by atoms with van der Waals surface area (Å²) in [5, 5.41) is 6.31. The van der Waals surface area contributed by atoms with Gasteiger partial charge in [-0.1, -0.05) is 5.16 Å². The second-order valence-electron chi connectivity index (χ2n) is 3.78. The number of carbonyl (C=O) groups is 2. The maximum Gasteiger partial charge on any atom is 0.305 e. The van der Waals surface area contributed by atoms with E-state index in [2.05, 4.69) is 20.0 Å². The van der Waals surface area contributed by atoms with Crippen molar-refractivity contribution in [2.24, 2.45) is 5.16 Å². The molecule has 0 aromatic rings. The molecule has 6 heteroatoms. The van der Waals surface area contributed by atoms with E-state index in [1.807, 2.05) is 6.92 Å². The molecule has 6 nitrogen and oxygen atoms in total. The van der Waals surface area contributed by atoms with Crippen LogP contribution in [0.5, 0.6) is 0 Å². The lowest BCUT2D eigenvalue weighted by Gasteiger charge is -2.12. The summed E-state index contributed by atoms with van der Waals surface area (Å²) in [5.74, 6) is -0.547. The average molecular weight is 252 g/mol. The Bertz CT molecular complexity index is 399. The summed E-state index contributed by atoms with van der Waals surface area (Å²) in [6, 6.07) is -0.126. The van der Waals surface area contributed by atoms with E-state index in [1.165, 1.54) is 19.6 Å². The highest BCUT2D eigenvalue weighted by Crippen LogP contribution is 2.02. The van der Waals surface area contributed by atoms with E-state index < -0.39 is 0 Å². The van der Waals surface area contributed by atoms with E-state index in [4.69, 9.17) is 0 Å². The third-order valence-electron chi connectivity index (χ3n) is 2.32. The van der Waals surface area contributed by atoms with Gasteiger partial charge < -0.3 is 14.9 Å². The Hall–Kier alpha value is -2.11. The molecule has 1 amide bonds. The van der Waals surface area contributed by atoms with Gasteiger partial charge in [-0.2, -0.15) is 0 Å². The fourth-order valence-electron chi connectivity index (χ4n) is 1.29. The zero-order valence-corrected chi connectivity index (χ0v) is 10.4. The van der Waals surface area contributed by atoms with Crippen LogP contribution in [0, 0.1) is 0 Å². The largest absolute Gasteiger partial charge is 0.469 e. The normalized spacial score (nSPS) is 15.1. The van der Waals surface area contributed by atoms with Gasteiger partial charge in [-0.3, -0.25) is 9.59 Å². The van der Waals surface area contributed by atoms with Crippen LogP contribution in [0.2, 0.25) is 0 Å². The Morgan fingerprint density at radius 2 is 2.33 bits per heavy atom. The van der Waals surface area contributed by atoms with Crippen LogP contribution in [0.3, 0.4) is 0 Å². The molecule has 0 aromatic heterocycles. The van der Waals surface area contributed by atoms with Crippen LogP contribution in [0.25, 0.3) is 0 Å². The van der Waals surface area contributed by atoms with Gasteiger partial charge in [-0.05, 0) is 25.5 Å². The van der Waals surface area contributed by atoms with Crippen LogP contribution in [0.1, 0.15) is 19.8 Å². The molecule has 1 rings (SSSR count). The predicted molar refractivity (Wildman–Crippen MR) is 65.7 cm³/mol. The van der Waals surface area contributed by atoms with E-state index in [9.17, 15) is 9.59 Å². The topological polar surface area (TPSA) is 77.0 Å². The number of allylic oxidation sites excluding steroid dienone is 2. The second-order valence-corrected chi connectivity index (χ2v) is 3.78. The molecule has 0 bridgehead atoms. The highest BCUT2D eigenvalue weighted by atomic mass is 16.6. The summed E-state index contributed by atoms with van der Waals surface area (Å²) in [5.41, 5.74) is 0.397. The minimum atomic E-state index is -0.289. The van der Waals surface area contributed by atoms with Crippen molar-refractivity contribution in [1.29, 1.82) is 0 Å². The van der Waals surface area contributed by atoms with E-state index in [0.29, 0.717) is 12.0 Å². The van der Waals surface area contributed by atoms with E-state index in [0.717, 1.165) is 0 Å².